The summed E-state index contributed by atoms with van der Waals surface area (Å²) in [6.45, 7) is 2.12. The molecule has 142 valence electrons. The van der Waals surface area contributed by atoms with Gasteiger partial charge in [0, 0.05) is 16.6 Å². The van der Waals surface area contributed by atoms with Gasteiger partial charge in [-0.2, -0.15) is 0 Å². The zero-order valence-electron chi connectivity index (χ0n) is 15.2. The van der Waals surface area contributed by atoms with Crippen LogP contribution in [0.4, 0.5) is 5.69 Å². The smallest absolute Gasteiger partial charge is 0.268 e. The topological polar surface area (TPSA) is 67.9 Å². The number of halogens is 1. The molecule has 1 N–H and O–H groups in total. The Balaban J connectivity index is 1.72. The number of ether oxygens (including phenoxy) is 2. The highest BCUT2D eigenvalue weighted by Gasteiger charge is 2.34. The van der Waals surface area contributed by atoms with Crippen molar-refractivity contribution in [1.82, 2.24) is 5.32 Å². The van der Waals surface area contributed by atoms with Gasteiger partial charge in [0.2, 0.25) is 5.91 Å². The second kappa shape index (κ2) is 8.43. The molecular weight excluding hydrogens is 412 g/mol. The second-order valence-corrected chi connectivity index (χ2v) is 7.06. The van der Waals surface area contributed by atoms with Crippen LogP contribution in [-0.4, -0.2) is 31.6 Å². The van der Waals surface area contributed by atoms with Gasteiger partial charge in [0.15, 0.2) is 6.10 Å². The van der Waals surface area contributed by atoms with Crippen molar-refractivity contribution in [3.05, 3.63) is 52.5 Å². The predicted octanol–water partition coefficient (Wildman–Crippen LogP) is 3.28. The van der Waals surface area contributed by atoms with E-state index in [0.29, 0.717) is 30.2 Å². The van der Waals surface area contributed by atoms with Gasteiger partial charge in [-0.15, -0.1) is 0 Å². The number of amides is 2. The number of rotatable bonds is 6. The number of para-hydroxylation sites is 2. The van der Waals surface area contributed by atoms with Gasteiger partial charge < -0.3 is 14.8 Å². The number of fused-ring (bicyclic) bond motifs is 1. The van der Waals surface area contributed by atoms with E-state index in [1.807, 2.05) is 43.3 Å². The quantitative estimate of drug-likeness (QED) is 0.760. The number of nitrogens with zero attached hydrogens (tertiary/aromatic N) is 1. The third-order valence-electron chi connectivity index (χ3n) is 4.36. The van der Waals surface area contributed by atoms with E-state index in [9.17, 15) is 9.59 Å². The molecule has 7 heteroatoms. The average molecular weight is 433 g/mol. The number of methoxy groups -OCH3 is 1. The lowest BCUT2D eigenvalue weighted by atomic mass is 10.1. The monoisotopic (exact) mass is 432 g/mol. The van der Waals surface area contributed by atoms with Gasteiger partial charge in [0.05, 0.1) is 12.8 Å². The Kier molecular flexibility index (Phi) is 6.01. The van der Waals surface area contributed by atoms with Crippen LogP contribution in [-0.2, 0) is 16.1 Å². The molecule has 27 heavy (non-hydrogen) atoms. The molecule has 2 amide bonds. The van der Waals surface area contributed by atoms with Crippen molar-refractivity contribution in [2.75, 3.05) is 18.6 Å². The molecule has 0 saturated carbocycles. The fourth-order valence-electron chi connectivity index (χ4n) is 2.98. The van der Waals surface area contributed by atoms with Gasteiger partial charge >= 0.3 is 0 Å². The predicted molar refractivity (Wildman–Crippen MR) is 106 cm³/mol. The molecule has 1 aliphatic heterocycles. The first-order valence-electron chi connectivity index (χ1n) is 8.69. The summed E-state index contributed by atoms with van der Waals surface area (Å²) in [5.41, 5.74) is 1.46. The summed E-state index contributed by atoms with van der Waals surface area (Å²) >= 11 is 3.42. The van der Waals surface area contributed by atoms with Crippen LogP contribution in [0.5, 0.6) is 11.5 Å². The number of anilines is 1. The van der Waals surface area contributed by atoms with Crippen molar-refractivity contribution in [3.63, 3.8) is 0 Å². The molecule has 2 aromatic carbocycles. The average Bonchev–Trinajstić information content (AvgIpc) is 2.68. The van der Waals surface area contributed by atoms with E-state index in [1.54, 1.807) is 13.2 Å². The summed E-state index contributed by atoms with van der Waals surface area (Å²) in [4.78, 5) is 26.7. The highest BCUT2D eigenvalue weighted by atomic mass is 79.9. The molecule has 0 unspecified atom stereocenters. The van der Waals surface area contributed by atoms with Crippen molar-refractivity contribution in [3.8, 4) is 11.5 Å². The van der Waals surface area contributed by atoms with Crippen LogP contribution >= 0.6 is 15.9 Å². The molecule has 0 bridgehead atoms. The zero-order chi connectivity index (χ0) is 19.4. The molecule has 0 spiro atoms. The van der Waals surface area contributed by atoms with Crippen molar-refractivity contribution in [1.29, 1.82) is 0 Å². The highest BCUT2D eigenvalue weighted by Crippen LogP contribution is 2.34. The van der Waals surface area contributed by atoms with Crippen LogP contribution in [0.15, 0.2) is 46.9 Å². The van der Waals surface area contributed by atoms with Gasteiger partial charge in [-0.05, 0) is 36.8 Å². The van der Waals surface area contributed by atoms with E-state index < -0.39 is 6.10 Å². The number of carbonyl (C=O) groups excluding carboxylic acids is 2. The Morgan fingerprint density at radius 3 is 2.81 bits per heavy atom. The molecule has 2 aromatic rings. The van der Waals surface area contributed by atoms with Gasteiger partial charge in [-0.1, -0.05) is 35.0 Å². The first kappa shape index (κ1) is 19.2. The van der Waals surface area contributed by atoms with Gasteiger partial charge in [-0.3, -0.25) is 14.5 Å². The molecule has 0 saturated heterocycles. The lowest BCUT2D eigenvalue weighted by molar-refractivity contribution is -0.129. The zero-order valence-corrected chi connectivity index (χ0v) is 16.8. The number of nitrogens with one attached hydrogen (secondary N) is 1. The molecule has 1 aliphatic rings. The molecule has 3 rings (SSSR count). The summed E-state index contributed by atoms with van der Waals surface area (Å²) in [7, 11) is 1.59. The molecule has 0 aromatic heterocycles. The first-order chi connectivity index (χ1) is 13.0. The largest absolute Gasteiger partial charge is 0.496 e. The third kappa shape index (κ3) is 4.24. The number of carbonyl (C=O) groups is 2. The van der Waals surface area contributed by atoms with Crippen LogP contribution in [0, 0.1) is 0 Å². The summed E-state index contributed by atoms with van der Waals surface area (Å²) in [5.74, 6) is 0.853. The standard InChI is InChI=1S/C20H21BrN2O4/c1-3-16-20(25)23(15-6-4-5-7-18(15)27-16)12-19(24)22-11-13-10-14(21)8-9-17(13)26-2/h4-10,16H,3,11-12H2,1-2H3,(H,22,24)/t16-/m0/s1. The molecule has 0 aliphatic carbocycles. The molecule has 0 radical (unpaired) electrons. The second-order valence-electron chi connectivity index (χ2n) is 6.14. The fraction of sp³-hybridized carbons (Fsp3) is 0.300. The van der Waals surface area contributed by atoms with Crippen LogP contribution in [0.3, 0.4) is 0 Å². The number of hydrogen-bond donors (Lipinski definition) is 1. The minimum atomic E-state index is -0.571. The van der Waals surface area contributed by atoms with Crippen LogP contribution < -0.4 is 19.7 Å². The molecule has 6 nitrogen and oxygen atoms in total. The van der Waals surface area contributed by atoms with Crippen molar-refractivity contribution in [2.24, 2.45) is 0 Å². The minimum Gasteiger partial charge on any atom is -0.496 e. The SMILES string of the molecule is CC[C@@H]1Oc2ccccc2N(CC(=O)NCc2cc(Br)ccc2OC)C1=O. The van der Waals surface area contributed by atoms with Gasteiger partial charge in [0.1, 0.15) is 18.0 Å². The maximum atomic E-state index is 12.7. The van der Waals surface area contributed by atoms with Crippen LogP contribution in [0.2, 0.25) is 0 Å². The number of benzene rings is 2. The van der Waals surface area contributed by atoms with Crippen molar-refractivity contribution in [2.45, 2.75) is 26.0 Å². The minimum absolute atomic E-state index is 0.0635. The summed E-state index contributed by atoms with van der Waals surface area (Å²) in [5, 5.41) is 2.86. The maximum absolute atomic E-state index is 12.7. The van der Waals surface area contributed by atoms with Crippen LogP contribution in [0.1, 0.15) is 18.9 Å². The van der Waals surface area contributed by atoms with E-state index in [0.717, 1.165) is 10.0 Å². The summed E-state index contributed by atoms with van der Waals surface area (Å²) in [6, 6.07) is 12.8. The Labute approximate surface area is 166 Å². The molecule has 1 atom stereocenters. The lowest BCUT2D eigenvalue weighted by Gasteiger charge is -2.33. The first-order valence-corrected chi connectivity index (χ1v) is 9.49. The summed E-state index contributed by atoms with van der Waals surface area (Å²) in [6.07, 6.45) is -0.0292. The van der Waals surface area contributed by atoms with Crippen molar-refractivity contribution >= 4 is 33.4 Å². The number of hydrogen-bond acceptors (Lipinski definition) is 4. The van der Waals surface area contributed by atoms with Crippen LogP contribution in [0.25, 0.3) is 0 Å². The maximum Gasteiger partial charge on any atom is 0.268 e. The Bertz CT molecular complexity index is 856. The third-order valence-corrected chi connectivity index (χ3v) is 4.85. The van der Waals surface area contributed by atoms with Crippen molar-refractivity contribution < 1.29 is 19.1 Å². The Morgan fingerprint density at radius 2 is 2.07 bits per heavy atom. The van der Waals surface area contributed by atoms with E-state index in [-0.39, 0.29) is 18.4 Å². The highest BCUT2D eigenvalue weighted by molar-refractivity contribution is 9.10. The molecule has 1 heterocycles. The Morgan fingerprint density at radius 1 is 1.30 bits per heavy atom. The van der Waals surface area contributed by atoms with Gasteiger partial charge in [0.25, 0.3) is 5.91 Å². The molecular formula is C20H21BrN2O4. The van der Waals surface area contributed by atoms with E-state index in [4.69, 9.17) is 9.47 Å². The summed E-state index contributed by atoms with van der Waals surface area (Å²) < 4.78 is 12.0. The van der Waals surface area contributed by atoms with E-state index in [1.165, 1.54) is 4.90 Å². The molecule has 0 fully saturated rings. The normalized spacial score (nSPS) is 15.7. The van der Waals surface area contributed by atoms with E-state index in [2.05, 4.69) is 21.2 Å². The van der Waals surface area contributed by atoms with Gasteiger partial charge in [-0.25, -0.2) is 0 Å². The lowest BCUT2D eigenvalue weighted by Crippen LogP contribution is -2.49. The van der Waals surface area contributed by atoms with E-state index >= 15 is 0 Å². The fourth-order valence-corrected chi connectivity index (χ4v) is 3.38. The Hall–Kier alpha value is -2.54.